The first-order valence-corrected chi connectivity index (χ1v) is 6.23. The lowest BCUT2D eigenvalue weighted by Gasteiger charge is -2.24. The van der Waals surface area contributed by atoms with Crippen molar-refractivity contribution in [2.45, 2.75) is 26.6 Å². The smallest absolute Gasteiger partial charge is 0.162 e. The van der Waals surface area contributed by atoms with Gasteiger partial charge in [0, 0.05) is 6.42 Å². The van der Waals surface area contributed by atoms with Crippen LogP contribution in [-0.4, -0.2) is 19.5 Å². The van der Waals surface area contributed by atoms with Gasteiger partial charge in [-0.1, -0.05) is 50.3 Å². The fourth-order valence-corrected chi connectivity index (χ4v) is 1.87. The van der Waals surface area contributed by atoms with Gasteiger partial charge in [-0.15, -0.1) is 0 Å². The minimum atomic E-state index is -0.0855. The van der Waals surface area contributed by atoms with Crippen LogP contribution in [0.3, 0.4) is 0 Å². The van der Waals surface area contributed by atoms with Gasteiger partial charge >= 0.3 is 0 Å². The standard InChI is InChI=1S/C15H20O2/c1-12(2)11-17-15-10-14(8-9-16-15)13-6-4-3-5-7-13/h3-8,12,15H,9-11H2,1-2H3. The zero-order chi connectivity index (χ0) is 12.1. The predicted octanol–water partition coefficient (Wildman–Crippen LogP) is 3.49. The van der Waals surface area contributed by atoms with Crippen LogP contribution in [0.2, 0.25) is 0 Å². The lowest BCUT2D eigenvalue weighted by Crippen LogP contribution is -2.23. The minimum Gasteiger partial charge on any atom is -0.352 e. The quantitative estimate of drug-likeness (QED) is 0.791. The van der Waals surface area contributed by atoms with Gasteiger partial charge in [0.2, 0.25) is 0 Å². The maximum Gasteiger partial charge on any atom is 0.162 e. The summed E-state index contributed by atoms with van der Waals surface area (Å²) in [4.78, 5) is 0. The van der Waals surface area contributed by atoms with Gasteiger partial charge in [0.15, 0.2) is 6.29 Å². The van der Waals surface area contributed by atoms with E-state index in [-0.39, 0.29) is 6.29 Å². The van der Waals surface area contributed by atoms with Crippen molar-refractivity contribution in [2.24, 2.45) is 5.92 Å². The van der Waals surface area contributed by atoms with Crippen molar-refractivity contribution < 1.29 is 9.47 Å². The second-order valence-electron chi connectivity index (χ2n) is 4.79. The van der Waals surface area contributed by atoms with Crippen molar-refractivity contribution >= 4 is 5.57 Å². The van der Waals surface area contributed by atoms with E-state index in [1.807, 2.05) is 6.07 Å². The highest BCUT2D eigenvalue weighted by Crippen LogP contribution is 2.25. The lowest BCUT2D eigenvalue weighted by atomic mass is 10.0. The summed E-state index contributed by atoms with van der Waals surface area (Å²) >= 11 is 0. The largest absolute Gasteiger partial charge is 0.352 e. The maximum absolute atomic E-state index is 5.73. The summed E-state index contributed by atoms with van der Waals surface area (Å²) in [6.45, 7) is 5.70. The molecule has 1 heterocycles. The molecule has 0 radical (unpaired) electrons. The first kappa shape index (κ1) is 12.3. The van der Waals surface area contributed by atoms with Gasteiger partial charge in [-0.25, -0.2) is 0 Å². The molecule has 0 amide bonds. The van der Waals surface area contributed by atoms with E-state index in [1.165, 1.54) is 11.1 Å². The molecule has 1 atom stereocenters. The van der Waals surface area contributed by atoms with Crippen molar-refractivity contribution in [3.8, 4) is 0 Å². The first-order valence-electron chi connectivity index (χ1n) is 6.23. The van der Waals surface area contributed by atoms with E-state index in [1.54, 1.807) is 0 Å². The summed E-state index contributed by atoms with van der Waals surface area (Å²) in [5.74, 6) is 0.546. The Bertz CT molecular complexity index is 368. The summed E-state index contributed by atoms with van der Waals surface area (Å²) in [6.07, 6.45) is 2.90. The Morgan fingerprint density at radius 1 is 1.29 bits per heavy atom. The monoisotopic (exact) mass is 232 g/mol. The second-order valence-corrected chi connectivity index (χ2v) is 4.79. The van der Waals surface area contributed by atoms with Crippen molar-refractivity contribution in [1.29, 1.82) is 0 Å². The van der Waals surface area contributed by atoms with Crippen LogP contribution in [0.1, 0.15) is 25.8 Å². The first-order chi connectivity index (χ1) is 8.25. The molecule has 1 aromatic rings. The molecule has 0 aliphatic carbocycles. The molecular formula is C15H20O2. The van der Waals surface area contributed by atoms with Crippen LogP contribution in [0, 0.1) is 5.92 Å². The van der Waals surface area contributed by atoms with Gasteiger partial charge in [0.25, 0.3) is 0 Å². The van der Waals surface area contributed by atoms with E-state index in [0.29, 0.717) is 12.5 Å². The van der Waals surface area contributed by atoms with E-state index in [2.05, 4.69) is 44.2 Å². The number of ether oxygens (including phenoxy) is 2. The summed E-state index contributed by atoms with van der Waals surface area (Å²) in [5.41, 5.74) is 2.60. The van der Waals surface area contributed by atoms with Gasteiger partial charge < -0.3 is 9.47 Å². The molecule has 92 valence electrons. The number of hydrogen-bond donors (Lipinski definition) is 0. The van der Waals surface area contributed by atoms with Crippen LogP contribution < -0.4 is 0 Å². The number of benzene rings is 1. The Kier molecular flexibility index (Phi) is 4.35. The molecule has 0 bridgehead atoms. The minimum absolute atomic E-state index is 0.0855. The molecule has 2 heteroatoms. The number of rotatable bonds is 4. The summed E-state index contributed by atoms with van der Waals surface area (Å²) in [7, 11) is 0. The van der Waals surface area contributed by atoms with Crippen LogP contribution in [-0.2, 0) is 9.47 Å². The van der Waals surface area contributed by atoms with E-state index >= 15 is 0 Å². The Hall–Kier alpha value is -1.12. The Morgan fingerprint density at radius 3 is 2.76 bits per heavy atom. The molecule has 0 spiro atoms. The van der Waals surface area contributed by atoms with Crippen LogP contribution in [0.15, 0.2) is 36.4 Å². The molecule has 17 heavy (non-hydrogen) atoms. The molecule has 1 aliphatic rings. The van der Waals surface area contributed by atoms with E-state index in [9.17, 15) is 0 Å². The molecule has 2 nitrogen and oxygen atoms in total. The third-order valence-electron chi connectivity index (χ3n) is 2.76. The zero-order valence-corrected chi connectivity index (χ0v) is 10.6. The topological polar surface area (TPSA) is 18.5 Å². The van der Waals surface area contributed by atoms with Crippen LogP contribution >= 0.6 is 0 Å². The molecule has 2 rings (SSSR count). The van der Waals surface area contributed by atoms with Gasteiger partial charge in [-0.3, -0.25) is 0 Å². The SMILES string of the molecule is CC(C)COC1CC(c2ccccc2)=CCO1. The molecular weight excluding hydrogens is 212 g/mol. The molecule has 0 fully saturated rings. The lowest BCUT2D eigenvalue weighted by molar-refractivity contribution is -0.140. The molecule has 0 N–H and O–H groups in total. The summed E-state index contributed by atoms with van der Waals surface area (Å²) < 4.78 is 11.3. The van der Waals surface area contributed by atoms with Crippen molar-refractivity contribution in [2.75, 3.05) is 13.2 Å². The third-order valence-corrected chi connectivity index (χ3v) is 2.76. The molecule has 0 aromatic heterocycles. The van der Waals surface area contributed by atoms with Gasteiger partial charge in [0.05, 0.1) is 13.2 Å². The fourth-order valence-electron chi connectivity index (χ4n) is 1.87. The molecule has 0 saturated carbocycles. The molecule has 1 aromatic carbocycles. The molecule has 1 unspecified atom stereocenters. The van der Waals surface area contributed by atoms with Gasteiger partial charge in [-0.2, -0.15) is 0 Å². The van der Waals surface area contributed by atoms with Crippen LogP contribution in [0.25, 0.3) is 5.57 Å². The predicted molar refractivity (Wildman–Crippen MR) is 69.6 cm³/mol. The normalized spacial score (nSPS) is 20.4. The van der Waals surface area contributed by atoms with Gasteiger partial charge in [0.1, 0.15) is 0 Å². The highest BCUT2D eigenvalue weighted by Gasteiger charge is 2.17. The van der Waals surface area contributed by atoms with Crippen molar-refractivity contribution in [1.82, 2.24) is 0 Å². The highest BCUT2D eigenvalue weighted by molar-refractivity contribution is 5.66. The summed E-state index contributed by atoms with van der Waals surface area (Å²) in [5, 5.41) is 0. The zero-order valence-electron chi connectivity index (χ0n) is 10.6. The van der Waals surface area contributed by atoms with Crippen LogP contribution in [0.5, 0.6) is 0 Å². The summed E-state index contributed by atoms with van der Waals surface area (Å²) in [6, 6.07) is 10.4. The van der Waals surface area contributed by atoms with E-state index in [4.69, 9.17) is 9.47 Å². The third kappa shape index (κ3) is 3.69. The maximum atomic E-state index is 5.73. The fraction of sp³-hybridized carbons (Fsp3) is 0.467. The Morgan fingerprint density at radius 2 is 2.06 bits per heavy atom. The number of hydrogen-bond acceptors (Lipinski definition) is 2. The average molecular weight is 232 g/mol. The Balaban J connectivity index is 1.95. The average Bonchev–Trinajstić information content (AvgIpc) is 2.38. The van der Waals surface area contributed by atoms with Gasteiger partial charge in [-0.05, 0) is 17.1 Å². The highest BCUT2D eigenvalue weighted by atomic mass is 16.7. The van der Waals surface area contributed by atoms with E-state index < -0.39 is 0 Å². The van der Waals surface area contributed by atoms with E-state index in [0.717, 1.165) is 13.0 Å². The Labute approximate surface area is 103 Å². The molecule has 0 saturated heterocycles. The van der Waals surface area contributed by atoms with Crippen molar-refractivity contribution in [3.05, 3.63) is 42.0 Å². The van der Waals surface area contributed by atoms with Crippen LogP contribution in [0.4, 0.5) is 0 Å². The second kappa shape index (κ2) is 5.99. The molecule has 1 aliphatic heterocycles. The van der Waals surface area contributed by atoms with Crippen molar-refractivity contribution in [3.63, 3.8) is 0 Å².